The molecule has 2 aromatic carbocycles. The predicted molar refractivity (Wildman–Crippen MR) is 134 cm³/mol. The Labute approximate surface area is 203 Å². The first-order chi connectivity index (χ1) is 16.2. The molecule has 2 amide bonds. The first-order valence-corrected chi connectivity index (χ1v) is 12.0. The van der Waals surface area contributed by atoms with Gasteiger partial charge in [0, 0.05) is 40.5 Å². The van der Waals surface area contributed by atoms with Gasteiger partial charge < -0.3 is 9.80 Å². The topological polar surface area (TPSA) is 83.8 Å². The van der Waals surface area contributed by atoms with Gasteiger partial charge in [-0.1, -0.05) is 44.2 Å². The first-order valence-electron chi connectivity index (χ1n) is 11.1. The van der Waals surface area contributed by atoms with Gasteiger partial charge in [-0.05, 0) is 42.7 Å². The van der Waals surface area contributed by atoms with E-state index in [0.29, 0.717) is 25.2 Å². The number of nitrogens with zero attached hydrogens (tertiary/aromatic N) is 3. The monoisotopic (exact) mass is 479 g/mol. The number of carbonyl (C=O) groups excluding carboxylic acids is 2. The van der Waals surface area contributed by atoms with E-state index in [1.165, 1.54) is 34.0 Å². The van der Waals surface area contributed by atoms with Gasteiger partial charge in [-0.2, -0.15) is 0 Å². The van der Waals surface area contributed by atoms with Crippen LogP contribution in [0, 0.1) is 23.0 Å². The second-order valence-corrected chi connectivity index (χ2v) is 10.0. The number of amides is 2. The molecule has 34 heavy (non-hydrogen) atoms. The Morgan fingerprint density at radius 3 is 2.18 bits per heavy atom. The highest BCUT2D eigenvalue weighted by molar-refractivity contribution is 7.11. The zero-order valence-electron chi connectivity index (χ0n) is 19.6. The number of nitro benzene ring substituents is 1. The van der Waals surface area contributed by atoms with Gasteiger partial charge in [-0.15, -0.1) is 11.3 Å². The van der Waals surface area contributed by atoms with Crippen molar-refractivity contribution in [2.24, 2.45) is 5.92 Å². The number of hydrogen-bond acceptors (Lipinski definition) is 5. The molecule has 3 aromatic rings. The van der Waals surface area contributed by atoms with Crippen molar-refractivity contribution in [3.63, 3.8) is 0 Å². The Hall–Kier alpha value is -3.52. The van der Waals surface area contributed by atoms with E-state index in [2.05, 4.69) is 0 Å². The fourth-order valence-corrected chi connectivity index (χ4v) is 4.53. The lowest BCUT2D eigenvalue weighted by Gasteiger charge is -2.29. The summed E-state index contributed by atoms with van der Waals surface area (Å²) in [5, 5.41) is 10.9. The van der Waals surface area contributed by atoms with E-state index in [9.17, 15) is 19.7 Å². The minimum Gasteiger partial charge on any atom is -0.332 e. The maximum atomic E-state index is 13.5. The molecular formula is C26H29N3O4S. The summed E-state index contributed by atoms with van der Waals surface area (Å²) < 4.78 is 0. The summed E-state index contributed by atoms with van der Waals surface area (Å²) in [6.45, 7) is 7.24. The molecule has 0 atom stereocenters. The molecule has 0 bridgehead atoms. The minimum atomic E-state index is -0.503. The van der Waals surface area contributed by atoms with Crippen molar-refractivity contribution in [2.45, 2.75) is 33.9 Å². The predicted octanol–water partition coefficient (Wildman–Crippen LogP) is 5.29. The van der Waals surface area contributed by atoms with Gasteiger partial charge in [0.15, 0.2) is 0 Å². The van der Waals surface area contributed by atoms with Crippen LogP contribution in [0.2, 0.25) is 0 Å². The van der Waals surface area contributed by atoms with E-state index in [-0.39, 0.29) is 30.0 Å². The molecule has 178 valence electrons. The van der Waals surface area contributed by atoms with Gasteiger partial charge in [-0.3, -0.25) is 19.7 Å². The Bertz CT molecular complexity index is 1130. The number of nitro groups is 1. The third-order valence-electron chi connectivity index (χ3n) is 5.24. The first kappa shape index (κ1) is 25.1. The molecular weight excluding hydrogens is 450 g/mol. The maximum Gasteiger partial charge on any atom is 0.269 e. The average molecular weight is 480 g/mol. The van der Waals surface area contributed by atoms with Crippen LogP contribution >= 0.6 is 11.3 Å². The van der Waals surface area contributed by atoms with E-state index >= 15 is 0 Å². The number of thiophene rings is 1. The van der Waals surface area contributed by atoms with Crippen molar-refractivity contribution in [1.29, 1.82) is 0 Å². The summed E-state index contributed by atoms with van der Waals surface area (Å²) in [6, 6.07) is 19.3. The molecule has 0 unspecified atom stereocenters. The largest absolute Gasteiger partial charge is 0.332 e. The lowest BCUT2D eigenvalue weighted by molar-refractivity contribution is -0.384. The summed E-state index contributed by atoms with van der Waals surface area (Å²) in [4.78, 5) is 42.7. The van der Waals surface area contributed by atoms with Gasteiger partial charge in [0.1, 0.15) is 6.54 Å². The van der Waals surface area contributed by atoms with Crippen LogP contribution in [-0.2, 0) is 17.9 Å². The molecule has 0 spiro atoms. The zero-order valence-corrected chi connectivity index (χ0v) is 20.5. The van der Waals surface area contributed by atoms with Crippen LogP contribution in [0.25, 0.3) is 0 Å². The van der Waals surface area contributed by atoms with Crippen LogP contribution in [0.4, 0.5) is 5.69 Å². The molecule has 0 aliphatic rings. The van der Waals surface area contributed by atoms with Crippen molar-refractivity contribution in [3.8, 4) is 0 Å². The molecule has 0 saturated heterocycles. The van der Waals surface area contributed by atoms with E-state index in [0.717, 1.165) is 10.4 Å². The van der Waals surface area contributed by atoms with Crippen LogP contribution < -0.4 is 0 Å². The van der Waals surface area contributed by atoms with Crippen molar-refractivity contribution in [3.05, 3.63) is 97.7 Å². The molecule has 3 rings (SSSR count). The highest BCUT2D eigenvalue weighted by atomic mass is 32.1. The summed E-state index contributed by atoms with van der Waals surface area (Å²) >= 11 is 1.65. The molecule has 0 fully saturated rings. The standard InChI is InChI=1S/C26H29N3O4S/c1-19(2)15-28(26(31)22-10-12-23(13-11-22)29(32)33)18-25(30)27(16-21-7-5-4-6-8-21)17-24-14-9-20(3)34-24/h4-14,19H,15-18H2,1-3H3. The van der Waals surface area contributed by atoms with Crippen molar-refractivity contribution in [1.82, 2.24) is 9.80 Å². The Morgan fingerprint density at radius 2 is 1.62 bits per heavy atom. The lowest BCUT2D eigenvalue weighted by Crippen LogP contribution is -2.43. The second kappa shape index (κ2) is 11.6. The summed E-state index contributed by atoms with van der Waals surface area (Å²) in [6.07, 6.45) is 0. The second-order valence-electron chi connectivity index (χ2n) is 8.63. The van der Waals surface area contributed by atoms with E-state index in [1.807, 2.05) is 63.2 Å². The molecule has 0 aliphatic carbocycles. The van der Waals surface area contributed by atoms with Crippen molar-refractivity contribution >= 4 is 28.8 Å². The number of carbonyl (C=O) groups is 2. The fourth-order valence-electron chi connectivity index (χ4n) is 3.63. The van der Waals surface area contributed by atoms with E-state index in [1.54, 1.807) is 16.2 Å². The molecule has 0 N–H and O–H groups in total. The Balaban J connectivity index is 1.81. The molecule has 1 heterocycles. The average Bonchev–Trinajstić information content (AvgIpc) is 3.22. The van der Waals surface area contributed by atoms with Gasteiger partial charge in [0.05, 0.1) is 11.5 Å². The SMILES string of the molecule is Cc1ccc(CN(Cc2ccccc2)C(=O)CN(CC(C)C)C(=O)c2ccc([N+](=O)[O-])cc2)s1. The van der Waals surface area contributed by atoms with E-state index in [4.69, 9.17) is 0 Å². The minimum absolute atomic E-state index is 0.0643. The number of benzene rings is 2. The van der Waals surface area contributed by atoms with Crippen LogP contribution in [-0.4, -0.2) is 39.6 Å². The third kappa shape index (κ3) is 6.99. The van der Waals surface area contributed by atoms with Crippen molar-refractivity contribution < 1.29 is 14.5 Å². The zero-order chi connectivity index (χ0) is 24.7. The number of aryl methyl sites for hydroxylation is 1. The third-order valence-corrected chi connectivity index (χ3v) is 6.22. The van der Waals surface area contributed by atoms with Crippen LogP contribution in [0.5, 0.6) is 0 Å². The van der Waals surface area contributed by atoms with Gasteiger partial charge in [-0.25, -0.2) is 0 Å². The summed E-state index contributed by atoms with van der Waals surface area (Å²) in [7, 11) is 0. The smallest absolute Gasteiger partial charge is 0.269 e. The maximum absolute atomic E-state index is 13.5. The van der Waals surface area contributed by atoms with Gasteiger partial charge in [0.25, 0.3) is 11.6 Å². The fraction of sp³-hybridized carbons (Fsp3) is 0.308. The Kier molecular flexibility index (Phi) is 8.54. The lowest BCUT2D eigenvalue weighted by atomic mass is 10.1. The van der Waals surface area contributed by atoms with Crippen LogP contribution in [0.3, 0.4) is 0 Å². The molecule has 0 aliphatic heterocycles. The highest BCUT2D eigenvalue weighted by Crippen LogP contribution is 2.20. The molecule has 7 nitrogen and oxygen atoms in total. The number of hydrogen-bond donors (Lipinski definition) is 0. The van der Waals surface area contributed by atoms with E-state index < -0.39 is 4.92 Å². The van der Waals surface area contributed by atoms with Gasteiger partial charge in [0.2, 0.25) is 5.91 Å². The molecule has 1 aromatic heterocycles. The number of non-ortho nitro benzene ring substituents is 1. The quantitative estimate of drug-likeness (QED) is 0.292. The molecule has 0 saturated carbocycles. The van der Waals surface area contributed by atoms with Crippen LogP contribution in [0.15, 0.2) is 66.7 Å². The Morgan fingerprint density at radius 1 is 0.941 bits per heavy atom. The summed E-state index contributed by atoms with van der Waals surface area (Å²) in [5.41, 5.74) is 1.26. The normalized spacial score (nSPS) is 10.8. The highest BCUT2D eigenvalue weighted by Gasteiger charge is 2.24. The van der Waals surface area contributed by atoms with Gasteiger partial charge >= 0.3 is 0 Å². The molecule has 0 radical (unpaired) electrons. The van der Waals surface area contributed by atoms with Crippen molar-refractivity contribution in [2.75, 3.05) is 13.1 Å². The van der Waals surface area contributed by atoms with Crippen LogP contribution in [0.1, 0.15) is 39.5 Å². The number of rotatable bonds is 10. The summed E-state index contributed by atoms with van der Waals surface area (Å²) in [5.74, 6) is -0.313. The molecule has 8 heteroatoms.